The number of anilines is 1. The lowest BCUT2D eigenvalue weighted by molar-refractivity contribution is -0.137. The predicted molar refractivity (Wildman–Crippen MR) is 97.3 cm³/mol. The van der Waals surface area contributed by atoms with Crippen molar-refractivity contribution < 1.29 is 17.9 Å². The zero-order valence-corrected chi connectivity index (χ0v) is 14.5. The normalized spacial score (nSPS) is 11.6. The first-order valence-corrected chi connectivity index (χ1v) is 7.95. The first-order valence-electron chi connectivity index (χ1n) is 7.95. The summed E-state index contributed by atoms with van der Waals surface area (Å²) >= 11 is 0. The third kappa shape index (κ3) is 4.34. The summed E-state index contributed by atoms with van der Waals surface area (Å²) in [6.07, 6.45) is -3.52. The van der Waals surface area contributed by atoms with Gasteiger partial charge in [0.1, 0.15) is 5.75 Å². The van der Waals surface area contributed by atoms with E-state index in [0.717, 1.165) is 12.3 Å². The van der Waals surface area contributed by atoms with Gasteiger partial charge in [-0.25, -0.2) is 5.43 Å². The highest BCUT2D eigenvalue weighted by atomic mass is 19.4. The van der Waals surface area contributed by atoms with Gasteiger partial charge in [0.25, 0.3) is 5.56 Å². The third-order valence-electron chi connectivity index (χ3n) is 3.70. The van der Waals surface area contributed by atoms with Crippen LogP contribution in [0, 0.1) is 0 Å². The zero-order valence-electron chi connectivity index (χ0n) is 14.5. The first kappa shape index (κ1) is 19.1. The number of nitrogens with zero attached hydrogens (tertiary/aromatic N) is 3. The fourth-order valence-electron chi connectivity index (χ4n) is 2.36. The van der Waals surface area contributed by atoms with Gasteiger partial charge in [-0.2, -0.15) is 18.3 Å². The highest BCUT2D eigenvalue weighted by Crippen LogP contribution is 2.31. The van der Waals surface area contributed by atoms with Crippen molar-refractivity contribution in [2.75, 3.05) is 12.5 Å². The van der Waals surface area contributed by atoms with Crippen molar-refractivity contribution in [1.29, 1.82) is 0 Å². The van der Waals surface area contributed by atoms with Crippen molar-refractivity contribution in [3.8, 4) is 17.0 Å². The summed E-state index contributed by atoms with van der Waals surface area (Å²) in [5.41, 5.74) is 1.49. The predicted octanol–water partition coefficient (Wildman–Crippen LogP) is 3.31. The summed E-state index contributed by atoms with van der Waals surface area (Å²) in [6.45, 7) is 0. The van der Waals surface area contributed by atoms with Gasteiger partial charge in [-0.05, 0) is 30.3 Å². The van der Waals surface area contributed by atoms with E-state index in [2.05, 4.69) is 25.7 Å². The Bertz CT molecular complexity index is 1050. The average Bonchev–Trinajstić information content (AvgIpc) is 2.68. The molecule has 0 atom stereocenters. The number of ether oxygens (including phenoxy) is 1. The molecule has 0 aliphatic carbocycles. The third-order valence-corrected chi connectivity index (χ3v) is 3.70. The summed E-state index contributed by atoms with van der Waals surface area (Å²) in [4.78, 5) is 14.6. The molecular weight excluding hydrogens is 375 g/mol. The number of aromatic nitrogens is 3. The summed E-state index contributed by atoms with van der Waals surface area (Å²) in [5.74, 6) is 0.517. The van der Waals surface area contributed by atoms with Crippen LogP contribution in [0.5, 0.6) is 5.75 Å². The number of benzene rings is 2. The minimum Gasteiger partial charge on any atom is -0.497 e. The Balaban J connectivity index is 1.77. The van der Waals surface area contributed by atoms with Gasteiger partial charge in [0, 0.05) is 11.1 Å². The van der Waals surface area contributed by atoms with E-state index in [-0.39, 0.29) is 17.2 Å². The van der Waals surface area contributed by atoms with Crippen molar-refractivity contribution >= 4 is 12.2 Å². The number of methoxy groups -OCH3 is 1. The number of nitrogens with one attached hydrogen (secondary N) is 2. The van der Waals surface area contributed by atoms with Crippen LogP contribution >= 0.6 is 0 Å². The van der Waals surface area contributed by atoms with Crippen LogP contribution in [0.15, 0.2) is 58.4 Å². The lowest BCUT2D eigenvalue weighted by Gasteiger charge is -2.09. The number of halogens is 3. The molecule has 28 heavy (non-hydrogen) atoms. The second-order valence-electron chi connectivity index (χ2n) is 5.53. The summed E-state index contributed by atoms with van der Waals surface area (Å²) in [5, 5.41) is 11.3. The van der Waals surface area contributed by atoms with Gasteiger partial charge in [0.15, 0.2) is 5.69 Å². The van der Waals surface area contributed by atoms with Crippen molar-refractivity contribution in [1.82, 2.24) is 15.2 Å². The molecule has 0 fully saturated rings. The Labute approximate surface area is 156 Å². The van der Waals surface area contributed by atoms with Crippen LogP contribution in [0.25, 0.3) is 11.3 Å². The van der Waals surface area contributed by atoms with Crippen LogP contribution in [0.4, 0.5) is 19.1 Å². The highest BCUT2D eigenvalue weighted by Gasteiger charge is 2.32. The number of hydrazone groups is 1. The maximum absolute atomic E-state index is 12.9. The Morgan fingerprint density at radius 2 is 1.82 bits per heavy atom. The molecule has 0 aliphatic rings. The van der Waals surface area contributed by atoms with Crippen LogP contribution in [0.2, 0.25) is 0 Å². The monoisotopic (exact) mass is 389 g/mol. The lowest BCUT2D eigenvalue weighted by Crippen LogP contribution is -2.15. The maximum atomic E-state index is 12.9. The molecule has 2 N–H and O–H groups in total. The van der Waals surface area contributed by atoms with Gasteiger partial charge in [-0.3, -0.25) is 9.78 Å². The van der Waals surface area contributed by atoms with Crippen LogP contribution < -0.4 is 15.7 Å². The van der Waals surface area contributed by atoms with E-state index >= 15 is 0 Å². The molecule has 0 saturated carbocycles. The molecule has 3 aromatic rings. The van der Waals surface area contributed by atoms with Crippen LogP contribution in [0.3, 0.4) is 0 Å². The van der Waals surface area contributed by atoms with Crippen molar-refractivity contribution in [2.45, 2.75) is 6.18 Å². The molecule has 0 radical (unpaired) electrons. The van der Waals surface area contributed by atoms with Gasteiger partial charge in [0.05, 0.1) is 18.9 Å². The number of hydrogen-bond acceptors (Lipinski definition) is 6. The summed E-state index contributed by atoms with van der Waals surface area (Å²) in [6, 6.07) is 11.6. The molecular formula is C18H14F3N5O2. The molecule has 7 nitrogen and oxygen atoms in total. The minimum atomic E-state index is -4.50. The van der Waals surface area contributed by atoms with E-state index in [1.807, 2.05) is 0 Å². The van der Waals surface area contributed by atoms with Crippen molar-refractivity contribution in [3.63, 3.8) is 0 Å². The highest BCUT2D eigenvalue weighted by molar-refractivity contribution is 5.82. The van der Waals surface area contributed by atoms with Gasteiger partial charge in [0.2, 0.25) is 5.95 Å². The molecule has 0 spiro atoms. The second-order valence-corrected chi connectivity index (χ2v) is 5.53. The number of H-pyrrole nitrogens is 1. The Kier molecular flexibility index (Phi) is 5.39. The Morgan fingerprint density at radius 1 is 1.11 bits per heavy atom. The second kappa shape index (κ2) is 7.91. The fraction of sp³-hybridized carbons (Fsp3) is 0.111. The van der Waals surface area contributed by atoms with E-state index < -0.39 is 17.3 Å². The molecule has 0 unspecified atom stereocenters. The zero-order chi connectivity index (χ0) is 20.1. The molecule has 144 valence electrons. The summed E-state index contributed by atoms with van der Waals surface area (Å²) in [7, 11) is 1.52. The summed E-state index contributed by atoms with van der Waals surface area (Å²) < 4.78 is 43.9. The van der Waals surface area contributed by atoms with E-state index in [1.165, 1.54) is 25.3 Å². The fourth-order valence-corrected chi connectivity index (χ4v) is 2.36. The standard InChI is InChI=1S/C18H14F3N5O2/c1-28-13-8-6-11(7-9-13)15-16(27)23-17(26-24-15)25-22-10-12-4-2-3-5-14(12)18(19,20)21/h2-10H,1H3,(H2,23,25,26,27)/b22-10+. The van der Waals surface area contributed by atoms with E-state index in [4.69, 9.17) is 4.74 Å². The maximum Gasteiger partial charge on any atom is 0.417 e. The molecule has 0 amide bonds. The molecule has 0 saturated heterocycles. The largest absolute Gasteiger partial charge is 0.497 e. The topological polar surface area (TPSA) is 92.3 Å². The SMILES string of the molecule is COc1ccc(-c2nnc(N/N=C/c3ccccc3C(F)(F)F)[nH]c2=O)cc1. The van der Waals surface area contributed by atoms with Crippen LogP contribution in [0.1, 0.15) is 11.1 Å². The smallest absolute Gasteiger partial charge is 0.417 e. The molecule has 0 aliphatic heterocycles. The molecule has 3 rings (SSSR count). The van der Waals surface area contributed by atoms with Crippen molar-refractivity contribution in [3.05, 3.63) is 70.0 Å². The average molecular weight is 389 g/mol. The van der Waals surface area contributed by atoms with Crippen LogP contribution in [-0.2, 0) is 6.18 Å². The molecule has 1 heterocycles. The molecule has 10 heteroatoms. The van der Waals surface area contributed by atoms with E-state index in [9.17, 15) is 18.0 Å². The lowest BCUT2D eigenvalue weighted by atomic mass is 10.1. The van der Waals surface area contributed by atoms with Gasteiger partial charge >= 0.3 is 6.18 Å². The first-order chi connectivity index (χ1) is 13.4. The molecule has 1 aromatic heterocycles. The van der Waals surface area contributed by atoms with Crippen molar-refractivity contribution in [2.24, 2.45) is 5.10 Å². The van der Waals surface area contributed by atoms with Gasteiger partial charge in [-0.15, -0.1) is 10.2 Å². The molecule has 2 aromatic carbocycles. The van der Waals surface area contributed by atoms with E-state index in [1.54, 1.807) is 24.3 Å². The Hall–Kier alpha value is -3.69. The minimum absolute atomic E-state index is 0.0830. The number of alkyl halides is 3. The number of aromatic amines is 1. The number of hydrogen-bond donors (Lipinski definition) is 2. The van der Waals surface area contributed by atoms with Gasteiger partial charge in [-0.1, -0.05) is 18.2 Å². The Morgan fingerprint density at radius 3 is 2.46 bits per heavy atom. The quantitative estimate of drug-likeness (QED) is 0.516. The van der Waals surface area contributed by atoms with Crippen LogP contribution in [-0.4, -0.2) is 28.5 Å². The number of rotatable bonds is 5. The van der Waals surface area contributed by atoms with Gasteiger partial charge < -0.3 is 4.74 Å². The molecule has 0 bridgehead atoms. The van der Waals surface area contributed by atoms with E-state index in [0.29, 0.717) is 11.3 Å².